The summed E-state index contributed by atoms with van der Waals surface area (Å²) in [6, 6.07) is 0. The third-order valence-electron chi connectivity index (χ3n) is 5.01. The topological polar surface area (TPSA) is 37.3 Å². The molecular weight excluding hydrogens is 344 g/mol. The van der Waals surface area contributed by atoms with Crippen LogP contribution in [0.4, 0.5) is 0 Å². The molecule has 28 heavy (non-hydrogen) atoms. The largest absolute Gasteiger partial charge is 0.481 e. The number of carbonyl (C=O) groups is 1. The van der Waals surface area contributed by atoms with Crippen molar-refractivity contribution in [3.8, 4) is 0 Å². The van der Waals surface area contributed by atoms with Crippen molar-refractivity contribution < 1.29 is 9.90 Å². The zero-order valence-corrected chi connectivity index (χ0v) is 18.5. The predicted molar refractivity (Wildman–Crippen MR) is 124 cm³/mol. The van der Waals surface area contributed by atoms with Gasteiger partial charge in [-0.05, 0) is 38.5 Å². The van der Waals surface area contributed by atoms with Crippen molar-refractivity contribution >= 4 is 5.97 Å². The van der Waals surface area contributed by atoms with Gasteiger partial charge in [0, 0.05) is 6.42 Å². The smallest absolute Gasteiger partial charge is 0.303 e. The van der Waals surface area contributed by atoms with Gasteiger partial charge in [0.2, 0.25) is 0 Å². The molecule has 0 saturated carbocycles. The summed E-state index contributed by atoms with van der Waals surface area (Å²) < 4.78 is 0. The molecule has 0 fully saturated rings. The molecular formula is C26H46O2. The second-order valence-electron chi connectivity index (χ2n) is 7.85. The summed E-state index contributed by atoms with van der Waals surface area (Å²) in [6.45, 7) is 2.21. The van der Waals surface area contributed by atoms with Crippen molar-refractivity contribution in [1.29, 1.82) is 0 Å². The summed E-state index contributed by atoms with van der Waals surface area (Å²) in [5.74, 6) is -0.658. The molecule has 0 bridgehead atoms. The van der Waals surface area contributed by atoms with Crippen LogP contribution in [0.1, 0.15) is 122 Å². The Bertz CT molecular complexity index is 407. The van der Waals surface area contributed by atoms with Gasteiger partial charge in [0.05, 0.1) is 0 Å². The van der Waals surface area contributed by atoms with Gasteiger partial charge < -0.3 is 5.11 Å². The molecule has 0 aromatic rings. The molecule has 1 N–H and O–H groups in total. The van der Waals surface area contributed by atoms with Crippen LogP contribution in [0.3, 0.4) is 0 Å². The number of aliphatic carboxylic acids is 1. The number of carboxylic acid groups (broad SMARTS) is 1. The fourth-order valence-electron chi connectivity index (χ4n) is 3.25. The van der Waals surface area contributed by atoms with Crippen LogP contribution in [0.15, 0.2) is 36.5 Å². The van der Waals surface area contributed by atoms with Crippen molar-refractivity contribution in [3.05, 3.63) is 36.5 Å². The van der Waals surface area contributed by atoms with Gasteiger partial charge in [0.1, 0.15) is 0 Å². The maximum atomic E-state index is 10.4. The van der Waals surface area contributed by atoms with Gasteiger partial charge in [-0.2, -0.15) is 0 Å². The quantitative estimate of drug-likeness (QED) is 0.157. The average Bonchev–Trinajstić information content (AvgIpc) is 2.68. The highest BCUT2D eigenvalue weighted by molar-refractivity contribution is 5.66. The first-order valence-electron chi connectivity index (χ1n) is 11.9. The molecule has 0 radical (unpaired) electrons. The van der Waals surface area contributed by atoms with Crippen molar-refractivity contribution in [1.82, 2.24) is 0 Å². The Morgan fingerprint density at radius 1 is 0.571 bits per heavy atom. The number of hydrogen-bond acceptors (Lipinski definition) is 1. The molecule has 2 nitrogen and oxygen atoms in total. The second-order valence-corrected chi connectivity index (χ2v) is 7.85. The number of carboxylic acids is 1. The Hall–Kier alpha value is -1.31. The van der Waals surface area contributed by atoms with E-state index in [9.17, 15) is 4.79 Å². The molecule has 0 atom stereocenters. The molecule has 0 aromatic carbocycles. The van der Waals surface area contributed by atoms with Crippen LogP contribution >= 0.6 is 0 Å². The van der Waals surface area contributed by atoms with Gasteiger partial charge >= 0.3 is 5.97 Å². The molecule has 0 amide bonds. The Morgan fingerprint density at radius 2 is 0.964 bits per heavy atom. The lowest BCUT2D eigenvalue weighted by Crippen LogP contribution is -1.93. The van der Waals surface area contributed by atoms with Gasteiger partial charge in [-0.25, -0.2) is 0 Å². The van der Waals surface area contributed by atoms with Crippen LogP contribution in [0.5, 0.6) is 0 Å². The fraction of sp³-hybridized carbons (Fsp3) is 0.731. The van der Waals surface area contributed by atoms with Crippen molar-refractivity contribution in [2.24, 2.45) is 0 Å². The highest BCUT2D eigenvalue weighted by Crippen LogP contribution is 2.13. The van der Waals surface area contributed by atoms with E-state index >= 15 is 0 Å². The minimum atomic E-state index is -0.658. The average molecular weight is 391 g/mol. The van der Waals surface area contributed by atoms with E-state index in [1.54, 1.807) is 0 Å². The lowest BCUT2D eigenvalue weighted by Gasteiger charge is -2.02. The highest BCUT2D eigenvalue weighted by Gasteiger charge is 1.97. The van der Waals surface area contributed by atoms with Gasteiger partial charge in [0.15, 0.2) is 0 Å². The zero-order chi connectivity index (χ0) is 20.5. The fourth-order valence-corrected chi connectivity index (χ4v) is 3.25. The van der Waals surface area contributed by atoms with E-state index in [4.69, 9.17) is 5.11 Å². The monoisotopic (exact) mass is 390 g/mol. The van der Waals surface area contributed by atoms with Gasteiger partial charge in [-0.15, -0.1) is 0 Å². The summed E-state index contributed by atoms with van der Waals surface area (Å²) in [5, 5.41) is 8.58. The van der Waals surface area contributed by atoms with E-state index < -0.39 is 5.97 Å². The minimum absolute atomic E-state index is 0.337. The molecule has 0 aliphatic heterocycles. The van der Waals surface area contributed by atoms with Gasteiger partial charge in [0.25, 0.3) is 0 Å². The predicted octanol–water partition coefficient (Wildman–Crippen LogP) is 8.78. The van der Waals surface area contributed by atoms with E-state index in [1.165, 1.54) is 83.5 Å². The van der Waals surface area contributed by atoms with Crippen LogP contribution in [0.2, 0.25) is 0 Å². The van der Waals surface area contributed by atoms with Crippen molar-refractivity contribution in [3.63, 3.8) is 0 Å². The maximum Gasteiger partial charge on any atom is 0.303 e. The molecule has 0 heterocycles. The standard InChI is InChI=1S/C26H46O2/c1-2-3-4-5-6-7-8-9-10-11-12-13-14-15-16-17-18-19-20-21-22-23-24-25-26(27)28/h4-5,7-8,10-11H,2-3,6,9,12-25H2,1H3,(H,27,28). The van der Waals surface area contributed by atoms with Crippen LogP contribution in [-0.2, 0) is 4.79 Å². The van der Waals surface area contributed by atoms with E-state index in [0.29, 0.717) is 6.42 Å². The van der Waals surface area contributed by atoms with Crippen LogP contribution in [-0.4, -0.2) is 11.1 Å². The summed E-state index contributed by atoms with van der Waals surface area (Å²) >= 11 is 0. The highest BCUT2D eigenvalue weighted by atomic mass is 16.4. The normalized spacial score (nSPS) is 12.0. The van der Waals surface area contributed by atoms with Crippen molar-refractivity contribution in [2.45, 2.75) is 122 Å². The molecule has 0 aliphatic rings. The molecule has 0 aromatic heterocycles. The first-order chi connectivity index (χ1) is 13.8. The lowest BCUT2D eigenvalue weighted by atomic mass is 10.0. The number of unbranched alkanes of at least 4 members (excludes halogenated alkanes) is 13. The Labute approximate surface area is 175 Å². The molecule has 2 heteroatoms. The molecule has 0 spiro atoms. The molecule has 0 unspecified atom stereocenters. The zero-order valence-electron chi connectivity index (χ0n) is 18.5. The molecule has 0 aliphatic carbocycles. The summed E-state index contributed by atoms with van der Waals surface area (Å²) in [5.41, 5.74) is 0. The van der Waals surface area contributed by atoms with E-state index in [0.717, 1.165) is 25.7 Å². The first-order valence-corrected chi connectivity index (χ1v) is 11.9. The summed E-state index contributed by atoms with van der Waals surface area (Å²) in [4.78, 5) is 10.4. The van der Waals surface area contributed by atoms with Gasteiger partial charge in [-0.3, -0.25) is 4.79 Å². The third-order valence-corrected chi connectivity index (χ3v) is 5.01. The Kier molecular flexibility index (Phi) is 22.6. The minimum Gasteiger partial charge on any atom is -0.481 e. The van der Waals surface area contributed by atoms with Crippen LogP contribution in [0, 0.1) is 0 Å². The lowest BCUT2D eigenvalue weighted by molar-refractivity contribution is -0.137. The summed E-state index contributed by atoms with van der Waals surface area (Å²) in [6.07, 6.45) is 35.1. The first kappa shape index (κ1) is 26.7. The maximum absolute atomic E-state index is 10.4. The van der Waals surface area contributed by atoms with Crippen LogP contribution < -0.4 is 0 Å². The van der Waals surface area contributed by atoms with E-state index in [-0.39, 0.29) is 0 Å². The van der Waals surface area contributed by atoms with E-state index in [2.05, 4.69) is 43.4 Å². The Balaban J connectivity index is 3.17. The SMILES string of the molecule is CCCC=CCC=CCC=CCCCCCCCCCCCCCCC(=O)O. The van der Waals surface area contributed by atoms with E-state index in [1.807, 2.05) is 0 Å². The molecule has 0 rings (SSSR count). The number of allylic oxidation sites excluding steroid dienone is 6. The van der Waals surface area contributed by atoms with Crippen LogP contribution in [0.25, 0.3) is 0 Å². The second kappa shape index (κ2) is 23.7. The number of hydrogen-bond donors (Lipinski definition) is 1. The Morgan fingerprint density at radius 3 is 1.43 bits per heavy atom. The third kappa shape index (κ3) is 24.7. The number of rotatable bonds is 21. The van der Waals surface area contributed by atoms with Gasteiger partial charge in [-0.1, -0.05) is 114 Å². The summed E-state index contributed by atoms with van der Waals surface area (Å²) in [7, 11) is 0. The van der Waals surface area contributed by atoms with Crippen molar-refractivity contribution in [2.75, 3.05) is 0 Å². The molecule has 162 valence electrons. The molecule has 0 saturated heterocycles.